The van der Waals surface area contributed by atoms with Gasteiger partial charge in [0.05, 0.1) is 13.2 Å². The number of H-pyrrole nitrogens is 1. The Morgan fingerprint density at radius 2 is 2.19 bits per heavy atom. The van der Waals surface area contributed by atoms with Crippen LogP contribution < -0.4 is 5.32 Å². The fraction of sp³-hybridized carbons (Fsp3) is 0.348. The molecule has 0 bridgehead atoms. The van der Waals surface area contributed by atoms with Crippen molar-refractivity contribution in [3.8, 4) is 11.1 Å². The highest BCUT2D eigenvalue weighted by atomic mass is 16.5. The summed E-state index contributed by atoms with van der Waals surface area (Å²) >= 11 is 0. The maximum absolute atomic E-state index is 5.78. The normalized spacial score (nSPS) is 19.4. The van der Waals surface area contributed by atoms with Crippen LogP contribution in [0.15, 0.2) is 37.2 Å². The Labute approximate surface area is 159 Å². The van der Waals surface area contributed by atoms with Crippen LogP contribution in [0.25, 0.3) is 27.7 Å². The SMILES string of the molecule is C=C(C)c1c[nH]c2ncc(-c3cc4c(c([C@@H]5CCCN5)c3)COCC4)cc12. The summed E-state index contributed by atoms with van der Waals surface area (Å²) in [6, 6.07) is 7.38. The third kappa shape index (κ3) is 2.89. The van der Waals surface area contributed by atoms with Crippen LogP contribution in [0.3, 0.4) is 0 Å². The van der Waals surface area contributed by atoms with Gasteiger partial charge < -0.3 is 15.0 Å². The van der Waals surface area contributed by atoms with Gasteiger partial charge >= 0.3 is 0 Å². The molecule has 1 atom stereocenters. The number of benzene rings is 1. The molecule has 2 N–H and O–H groups in total. The zero-order valence-corrected chi connectivity index (χ0v) is 15.8. The second-order valence-corrected chi connectivity index (χ2v) is 7.76. The predicted molar refractivity (Wildman–Crippen MR) is 110 cm³/mol. The Kier molecular flexibility index (Phi) is 4.10. The van der Waals surface area contributed by atoms with Gasteiger partial charge in [-0.05, 0) is 72.7 Å². The van der Waals surface area contributed by atoms with Crippen molar-refractivity contribution in [2.45, 2.75) is 38.8 Å². The van der Waals surface area contributed by atoms with Crippen molar-refractivity contribution >= 4 is 16.6 Å². The molecule has 0 amide bonds. The molecule has 1 saturated heterocycles. The lowest BCUT2D eigenvalue weighted by atomic mass is 9.88. The summed E-state index contributed by atoms with van der Waals surface area (Å²) < 4.78 is 5.78. The third-order valence-electron chi connectivity index (χ3n) is 5.90. The number of pyridine rings is 1. The molecule has 4 heterocycles. The van der Waals surface area contributed by atoms with Crippen molar-refractivity contribution in [3.63, 3.8) is 0 Å². The number of rotatable bonds is 3. The average Bonchev–Trinajstić information content (AvgIpc) is 3.36. The topological polar surface area (TPSA) is 49.9 Å². The number of hydrogen-bond donors (Lipinski definition) is 2. The maximum Gasteiger partial charge on any atom is 0.137 e. The van der Waals surface area contributed by atoms with Gasteiger partial charge in [0.2, 0.25) is 0 Å². The second kappa shape index (κ2) is 6.63. The molecule has 2 aliphatic rings. The lowest BCUT2D eigenvalue weighted by Crippen LogP contribution is -2.19. The minimum absolute atomic E-state index is 0.440. The first-order chi connectivity index (χ1) is 13.2. The van der Waals surface area contributed by atoms with Crippen molar-refractivity contribution < 1.29 is 4.74 Å². The lowest BCUT2D eigenvalue weighted by Gasteiger charge is -2.24. The molecule has 0 saturated carbocycles. The minimum atomic E-state index is 0.440. The molecule has 4 nitrogen and oxygen atoms in total. The Morgan fingerprint density at radius 1 is 1.26 bits per heavy atom. The molecule has 0 aliphatic carbocycles. The number of nitrogens with one attached hydrogen (secondary N) is 2. The largest absolute Gasteiger partial charge is 0.376 e. The first-order valence-electron chi connectivity index (χ1n) is 9.81. The molecule has 138 valence electrons. The molecule has 1 fully saturated rings. The quantitative estimate of drug-likeness (QED) is 0.709. The second-order valence-electron chi connectivity index (χ2n) is 7.76. The van der Waals surface area contributed by atoms with Crippen molar-refractivity contribution in [2.24, 2.45) is 0 Å². The number of aromatic nitrogens is 2. The van der Waals surface area contributed by atoms with Gasteiger partial charge in [-0.15, -0.1) is 0 Å². The fourth-order valence-corrected chi connectivity index (χ4v) is 4.45. The molecule has 2 aromatic heterocycles. The molecule has 1 aromatic carbocycles. The number of allylic oxidation sites excluding steroid dienone is 1. The van der Waals surface area contributed by atoms with Crippen molar-refractivity contribution in [1.82, 2.24) is 15.3 Å². The van der Waals surface area contributed by atoms with E-state index < -0.39 is 0 Å². The van der Waals surface area contributed by atoms with Crippen LogP contribution in [0.4, 0.5) is 0 Å². The van der Waals surface area contributed by atoms with E-state index in [1.165, 1.54) is 35.1 Å². The standard InChI is InChI=1S/C23H25N3O/c1-14(2)20-12-26-23-19(20)10-17(11-25-23)16-8-15-5-7-27-13-21(15)18(9-16)22-4-3-6-24-22/h8-12,22,24H,1,3-7,13H2,2H3,(H,25,26)/t22-/m0/s1. The molecule has 27 heavy (non-hydrogen) atoms. The van der Waals surface area contributed by atoms with Gasteiger partial charge in [-0.25, -0.2) is 4.98 Å². The van der Waals surface area contributed by atoms with Crippen LogP contribution in [-0.4, -0.2) is 23.1 Å². The molecular formula is C23H25N3O. The number of ether oxygens (including phenoxy) is 1. The monoisotopic (exact) mass is 359 g/mol. The van der Waals surface area contributed by atoms with E-state index >= 15 is 0 Å². The van der Waals surface area contributed by atoms with Gasteiger partial charge in [0.25, 0.3) is 0 Å². The van der Waals surface area contributed by atoms with E-state index in [2.05, 4.69) is 40.1 Å². The van der Waals surface area contributed by atoms with Crippen LogP contribution in [0.1, 0.15) is 48.1 Å². The van der Waals surface area contributed by atoms with Gasteiger partial charge in [-0.3, -0.25) is 0 Å². The first-order valence-corrected chi connectivity index (χ1v) is 9.81. The summed E-state index contributed by atoms with van der Waals surface area (Å²) in [5, 5.41) is 4.80. The Balaban J connectivity index is 1.66. The van der Waals surface area contributed by atoms with Crippen LogP contribution in [0.5, 0.6) is 0 Å². The summed E-state index contributed by atoms with van der Waals surface area (Å²) in [6.07, 6.45) is 7.41. The van der Waals surface area contributed by atoms with E-state index in [9.17, 15) is 0 Å². The zero-order valence-electron chi connectivity index (χ0n) is 15.8. The van der Waals surface area contributed by atoms with Gasteiger partial charge in [0.15, 0.2) is 0 Å². The van der Waals surface area contributed by atoms with Crippen LogP contribution in [0.2, 0.25) is 0 Å². The molecule has 0 unspecified atom stereocenters. The van der Waals surface area contributed by atoms with E-state index in [1.807, 2.05) is 19.3 Å². The summed E-state index contributed by atoms with van der Waals surface area (Å²) in [6.45, 7) is 8.79. The molecule has 4 heteroatoms. The average molecular weight is 359 g/mol. The van der Waals surface area contributed by atoms with Crippen molar-refractivity contribution in [1.29, 1.82) is 0 Å². The smallest absolute Gasteiger partial charge is 0.137 e. The van der Waals surface area contributed by atoms with E-state index in [0.29, 0.717) is 6.04 Å². The van der Waals surface area contributed by atoms with Crippen molar-refractivity contribution in [3.05, 3.63) is 59.4 Å². The highest BCUT2D eigenvalue weighted by Gasteiger charge is 2.24. The van der Waals surface area contributed by atoms with Crippen LogP contribution in [0, 0.1) is 0 Å². The number of aromatic amines is 1. The number of nitrogens with zero attached hydrogens (tertiary/aromatic N) is 1. The van der Waals surface area contributed by atoms with Crippen LogP contribution >= 0.6 is 0 Å². The maximum atomic E-state index is 5.78. The highest BCUT2D eigenvalue weighted by molar-refractivity contribution is 5.92. The molecule has 0 spiro atoms. The number of hydrogen-bond acceptors (Lipinski definition) is 3. The predicted octanol–water partition coefficient (Wildman–Crippen LogP) is 4.76. The van der Waals surface area contributed by atoms with Gasteiger partial charge in [0.1, 0.15) is 5.65 Å². The van der Waals surface area contributed by atoms with Crippen LogP contribution in [-0.2, 0) is 17.8 Å². The van der Waals surface area contributed by atoms with E-state index in [-0.39, 0.29) is 0 Å². The molecule has 2 aliphatic heterocycles. The zero-order chi connectivity index (χ0) is 18.4. The lowest BCUT2D eigenvalue weighted by molar-refractivity contribution is 0.109. The van der Waals surface area contributed by atoms with Gasteiger partial charge in [0, 0.05) is 34.9 Å². The fourth-order valence-electron chi connectivity index (χ4n) is 4.45. The van der Waals surface area contributed by atoms with E-state index in [1.54, 1.807) is 0 Å². The minimum Gasteiger partial charge on any atom is -0.376 e. The Bertz CT molecular complexity index is 1030. The number of fused-ring (bicyclic) bond motifs is 2. The van der Waals surface area contributed by atoms with Gasteiger partial charge in [-0.2, -0.15) is 0 Å². The summed E-state index contributed by atoms with van der Waals surface area (Å²) in [5.74, 6) is 0. The summed E-state index contributed by atoms with van der Waals surface area (Å²) in [5.41, 5.74) is 9.76. The molecule has 3 aromatic rings. The summed E-state index contributed by atoms with van der Waals surface area (Å²) in [7, 11) is 0. The Morgan fingerprint density at radius 3 is 3.00 bits per heavy atom. The van der Waals surface area contributed by atoms with E-state index in [4.69, 9.17) is 4.74 Å². The highest BCUT2D eigenvalue weighted by Crippen LogP contribution is 2.36. The van der Waals surface area contributed by atoms with Gasteiger partial charge in [-0.1, -0.05) is 12.6 Å². The third-order valence-corrected chi connectivity index (χ3v) is 5.90. The van der Waals surface area contributed by atoms with Crippen molar-refractivity contribution in [2.75, 3.05) is 13.2 Å². The molecule has 0 radical (unpaired) electrons. The molecule has 5 rings (SSSR count). The molecular weight excluding hydrogens is 334 g/mol. The van der Waals surface area contributed by atoms with E-state index in [0.717, 1.165) is 53.9 Å². The first kappa shape index (κ1) is 16.7. The Hall–Kier alpha value is -2.43. The summed E-state index contributed by atoms with van der Waals surface area (Å²) in [4.78, 5) is 7.92.